The normalized spacial score (nSPS) is 20.2. The summed E-state index contributed by atoms with van der Waals surface area (Å²) < 4.78 is 5.60. The maximum atomic E-state index is 12.9. The molecule has 2 aromatic carbocycles. The van der Waals surface area contributed by atoms with Crippen LogP contribution in [0.1, 0.15) is 56.6 Å². The van der Waals surface area contributed by atoms with Crippen molar-refractivity contribution in [3.8, 4) is 11.1 Å². The van der Waals surface area contributed by atoms with Crippen LogP contribution in [-0.2, 0) is 14.3 Å². The van der Waals surface area contributed by atoms with E-state index in [-0.39, 0.29) is 30.4 Å². The van der Waals surface area contributed by atoms with Crippen LogP contribution in [-0.4, -0.2) is 41.8 Å². The number of alkyl carbamates (subject to hydrolysis) is 1. The number of rotatable bonds is 7. The number of fused-ring (bicyclic) bond motifs is 3. The second-order valence-corrected chi connectivity index (χ2v) is 9.60. The van der Waals surface area contributed by atoms with Crippen LogP contribution in [0.3, 0.4) is 0 Å². The highest BCUT2D eigenvalue weighted by atomic mass is 16.5. The first-order chi connectivity index (χ1) is 16.3. The monoisotopic (exact) mass is 464 g/mol. The van der Waals surface area contributed by atoms with Gasteiger partial charge < -0.3 is 20.5 Å². The number of benzene rings is 2. The van der Waals surface area contributed by atoms with E-state index in [1.165, 1.54) is 0 Å². The molecular formula is C27H32N2O5. The molecule has 0 bridgehead atoms. The van der Waals surface area contributed by atoms with Gasteiger partial charge in [0.1, 0.15) is 12.6 Å². The molecule has 180 valence electrons. The van der Waals surface area contributed by atoms with Gasteiger partial charge >= 0.3 is 12.1 Å². The lowest BCUT2D eigenvalue weighted by Gasteiger charge is -2.30. The molecule has 0 saturated heterocycles. The Morgan fingerprint density at radius 1 is 1.00 bits per heavy atom. The van der Waals surface area contributed by atoms with E-state index in [0.29, 0.717) is 12.8 Å². The highest BCUT2D eigenvalue weighted by molar-refractivity contribution is 5.86. The minimum absolute atomic E-state index is 0.0559. The first-order valence-electron chi connectivity index (χ1n) is 12.0. The van der Waals surface area contributed by atoms with Crippen LogP contribution in [0.25, 0.3) is 11.1 Å². The van der Waals surface area contributed by atoms with E-state index in [4.69, 9.17) is 4.74 Å². The number of carboxylic acid groups (broad SMARTS) is 1. The molecule has 3 N–H and O–H groups in total. The maximum Gasteiger partial charge on any atom is 0.407 e. The lowest BCUT2D eigenvalue weighted by Crippen LogP contribution is -2.53. The van der Waals surface area contributed by atoms with Crippen LogP contribution in [0.4, 0.5) is 4.79 Å². The van der Waals surface area contributed by atoms with Gasteiger partial charge in [0.2, 0.25) is 5.91 Å². The first-order valence-corrected chi connectivity index (χ1v) is 12.0. The summed E-state index contributed by atoms with van der Waals surface area (Å²) in [5.41, 5.74) is 4.55. The van der Waals surface area contributed by atoms with Crippen LogP contribution in [0.15, 0.2) is 48.5 Å². The molecule has 2 aliphatic rings. The summed E-state index contributed by atoms with van der Waals surface area (Å²) in [5.74, 6) is -1.78. The Bertz CT molecular complexity index is 1020. The zero-order valence-corrected chi connectivity index (χ0v) is 19.6. The largest absolute Gasteiger partial charge is 0.481 e. The molecule has 0 radical (unpaired) electrons. The molecule has 0 heterocycles. The fourth-order valence-corrected chi connectivity index (χ4v) is 5.14. The van der Waals surface area contributed by atoms with Crippen LogP contribution in [0, 0.1) is 11.8 Å². The molecule has 34 heavy (non-hydrogen) atoms. The number of nitrogens with one attached hydrogen (secondary N) is 2. The van der Waals surface area contributed by atoms with Gasteiger partial charge in [0.15, 0.2) is 0 Å². The molecule has 7 nitrogen and oxygen atoms in total. The summed E-state index contributed by atoms with van der Waals surface area (Å²) in [7, 11) is 0. The molecule has 2 aliphatic carbocycles. The van der Waals surface area contributed by atoms with Gasteiger partial charge in [0.25, 0.3) is 0 Å². The maximum absolute atomic E-state index is 12.9. The Morgan fingerprint density at radius 2 is 1.62 bits per heavy atom. The van der Waals surface area contributed by atoms with E-state index in [0.717, 1.165) is 35.1 Å². The van der Waals surface area contributed by atoms with Gasteiger partial charge in [-0.2, -0.15) is 0 Å². The van der Waals surface area contributed by atoms with Crippen LogP contribution >= 0.6 is 0 Å². The summed E-state index contributed by atoms with van der Waals surface area (Å²) in [6, 6.07) is 15.3. The quantitative estimate of drug-likeness (QED) is 0.566. The molecule has 2 aromatic rings. The third-order valence-corrected chi connectivity index (χ3v) is 6.94. The average molecular weight is 465 g/mol. The fraction of sp³-hybridized carbons (Fsp3) is 0.444. The van der Waals surface area contributed by atoms with E-state index in [2.05, 4.69) is 34.9 Å². The van der Waals surface area contributed by atoms with Gasteiger partial charge in [0, 0.05) is 12.0 Å². The lowest BCUT2D eigenvalue weighted by molar-refractivity contribution is -0.143. The Hall–Kier alpha value is -3.35. The van der Waals surface area contributed by atoms with Gasteiger partial charge in [-0.05, 0) is 47.4 Å². The zero-order valence-electron chi connectivity index (χ0n) is 19.6. The SMILES string of the molecule is CC(C)[C@H](NC(=O)OCC1c2ccccc2-c2ccccc21)C(=O)N[C@H]1CCC[C@@H](C(=O)O)C1. The number of carbonyl (C=O) groups is 3. The standard InChI is InChI=1S/C27H32N2O5/c1-16(2)24(25(30)28-18-9-7-8-17(14-18)26(31)32)29-27(33)34-15-23-21-12-5-3-10-19(21)20-11-4-6-13-22(20)23/h3-6,10-13,16-18,23-24H,7-9,14-15H2,1-2H3,(H,28,30)(H,29,33)(H,31,32)/t17-,18+,24+/m1/s1. The van der Waals surface area contributed by atoms with Gasteiger partial charge in [-0.15, -0.1) is 0 Å². The zero-order chi connectivity index (χ0) is 24.2. The van der Waals surface area contributed by atoms with Gasteiger partial charge in [-0.3, -0.25) is 9.59 Å². The number of hydrogen-bond donors (Lipinski definition) is 3. The van der Waals surface area contributed by atoms with E-state index in [1.807, 2.05) is 38.1 Å². The molecule has 7 heteroatoms. The molecule has 0 spiro atoms. The van der Waals surface area contributed by atoms with Crippen molar-refractivity contribution in [1.29, 1.82) is 0 Å². The van der Waals surface area contributed by atoms with Crippen molar-refractivity contribution in [3.05, 3.63) is 59.7 Å². The number of carbonyl (C=O) groups excluding carboxylic acids is 2. The van der Waals surface area contributed by atoms with E-state index in [1.54, 1.807) is 0 Å². The average Bonchev–Trinajstić information content (AvgIpc) is 3.15. The minimum Gasteiger partial charge on any atom is -0.481 e. The van der Waals surface area contributed by atoms with Crippen molar-refractivity contribution in [1.82, 2.24) is 10.6 Å². The van der Waals surface area contributed by atoms with Gasteiger partial charge in [-0.1, -0.05) is 68.8 Å². The highest BCUT2D eigenvalue weighted by Crippen LogP contribution is 2.44. The molecular weight excluding hydrogens is 432 g/mol. The molecule has 2 amide bonds. The number of aliphatic carboxylic acids is 1. The fourth-order valence-electron chi connectivity index (χ4n) is 5.14. The van der Waals surface area contributed by atoms with Gasteiger partial charge in [0.05, 0.1) is 5.92 Å². The van der Waals surface area contributed by atoms with Gasteiger partial charge in [-0.25, -0.2) is 4.79 Å². The van der Waals surface area contributed by atoms with E-state index >= 15 is 0 Å². The molecule has 0 unspecified atom stereocenters. The van der Waals surface area contributed by atoms with Crippen molar-refractivity contribution < 1.29 is 24.2 Å². The predicted molar refractivity (Wildman–Crippen MR) is 128 cm³/mol. The van der Waals surface area contributed by atoms with Crippen molar-refractivity contribution in [2.45, 2.75) is 57.5 Å². The lowest BCUT2D eigenvalue weighted by atomic mass is 9.85. The number of hydrogen-bond acceptors (Lipinski definition) is 4. The molecule has 0 aliphatic heterocycles. The second kappa shape index (κ2) is 10.3. The summed E-state index contributed by atoms with van der Waals surface area (Å²) in [6.07, 6.45) is 1.91. The summed E-state index contributed by atoms with van der Waals surface area (Å²) >= 11 is 0. The Labute approximate surface area is 199 Å². The molecule has 1 fully saturated rings. The summed E-state index contributed by atoms with van der Waals surface area (Å²) in [4.78, 5) is 36.9. The Kier molecular flexibility index (Phi) is 7.20. The van der Waals surface area contributed by atoms with Crippen molar-refractivity contribution >= 4 is 18.0 Å². The van der Waals surface area contributed by atoms with Crippen LogP contribution in [0.5, 0.6) is 0 Å². The van der Waals surface area contributed by atoms with E-state index in [9.17, 15) is 19.5 Å². The van der Waals surface area contributed by atoms with Crippen molar-refractivity contribution in [2.75, 3.05) is 6.61 Å². The number of ether oxygens (including phenoxy) is 1. The third kappa shape index (κ3) is 5.08. The minimum atomic E-state index is -0.823. The number of carboxylic acids is 1. The molecule has 3 atom stereocenters. The predicted octanol–water partition coefficient (Wildman–Crippen LogP) is 4.31. The Morgan fingerprint density at radius 3 is 2.21 bits per heavy atom. The summed E-state index contributed by atoms with van der Waals surface area (Å²) in [5, 5.41) is 15.0. The third-order valence-electron chi connectivity index (χ3n) is 6.94. The highest BCUT2D eigenvalue weighted by Gasteiger charge is 2.32. The van der Waals surface area contributed by atoms with Crippen LogP contribution in [0.2, 0.25) is 0 Å². The Balaban J connectivity index is 1.36. The second-order valence-electron chi connectivity index (χ2n) is 9.60. The topological polar surface area (TPSA) is 105 Å². The van der Waals surface area contributed by atoms with E-state index < -0.39 is 24.0 Å². The number of amides is 2. The van der Waals surface area contributed by atoms with Crippen molar-refractivity contribution in [2.24, 2.45) is 11.8 Å². The first kappa shape index (κ1) is 23.8. The molecule has 0 aromatic heterocycles. The van der Waals surface area contributed by atoms with Crippen molar-refractivity contribution in [3.63, 3.8) is 0 Å². The molecule has 4 rings (SSSR count). The van der Waals surface area contributed by atoms with Crippen LogP contribution < -0.4 is 10.6 Å². The summed E-state index contributed by atoms with van der Waals surface area (Å²) in [6.45, 7) is 3.89. The smallest absolute Gasteiger partial charge is 0.407 e. The molecule has 1 saturated carbocycles.